The van der Waals surface area contributed by atoms with E-state index in [9.17, 15) is 26.4 Å². The van der Waals surface area contributed by atoms with Crippen molar-refractivity contribution in [1.29, 1.82) is 0 Å². The van der Waals surface area contributed by atoms with Crippen molar-refractivity contribution >= 4 is 32.1 Å². The molecule has 2 aromatic heterocycles. The summed E-state index contributed by atoms with van der Waals surface area (Å²) in [4.78, 5) is 22.5. The van der Waals surface area contributed by atoms with Gasteiger partial charge in [-0.1, -0.05) is 6.07 Å². The number of hydrogen-bond acceptors (Lipinski definition) is 6. The number of hydrogen-bond donors (Lipinski definition) is 1. The number of halogens is 3. The number of nitrogens with one attached hydrogen (secondary N) is 1. The molecule has 0 unspecified atom stereocenters. The summed E-state index contributed by atoms with van der Waals surface area (Å²) in [7, 11) is -3.71. The Balaban J connectivity index is 1.83. The van der Waals surface area contributed by atoms with Crippen LogP contribution in [0.3, 0.4) is 0 Å². The van der Waals surface area contributed by atoms with Crippen LogP contribution in [0.15, 0.2) is 57.7 Å². The zero-order valence-corrected chi connectivity index (χ0v) is 17.5. The lowest BCUT2D eigenvalue weighted by atomic mass is 9.99. The van der Waals surface area contributed by atoms with Crippen molar-refractivity contribution in [2.24, 2.45) is 0 Å². The Morgan fingerprint density at radius 3 is 2.55 bits per heavy atom. The topological polar surface area (TPSA) is 92.8 Å². The van der Waals surface area contributed by atoms with E-state index in [0.29, 0.717) is 16.0 Å². The number of nitrogens with zero attached hydrogens (tertiary/aromatic N) is 2. The number of aromatic amines is 1. The molecule has 2 heterocycles. The summed E-state index contributed by atoms with van der Waals surface area (Å²) in [5.74, 6) is -0.281. The Bertz CT molecular complexity index is 1440. The largest absolute Gasteiger partial charge is 0.416 e. The Kier molecular flexibility index (Phi) is 5.18. The van der Waals surface area contributed by atoms with Crippen LogP contribution in [0.25, 0.3) is 22.2 Å². The predicted molar refractivity (Wildman–Crippen MR) is 111 cm³/mol. The second-order valence-corrected chi connectivity index (χ2v) is 9.78. The summed E-state index contributed by atoms with van der Waals surface area (Å²) in [6.07, 6.45) is -2.98. The Hall–Kier alpha value is -3.05. The number of thiazole rings is 1. The molecule has 160 valence electrons. The molecule has 11 heteroatoms. The van der Waals surface area contributed by atoms with E-state index >= 15 is 0 Å². The van der Waals surface area contributed by atoms with Crippen LogP contribution in [-0.2, 0) is 21.8 Å². The summed E-state index contributed by atoms with van der Waals surface area (Å²) >= 11 is 1.22. The van der Waals surface area contributed by atoms with Crippen molar-refractivity contribution in [1.82, 2.24) is 15.0 Å². The average molecular weight is 465 g/mol. The fourth-order valence-electron chi connectivity index (χ4n) is 3.21. The Morgan fingerprint density at radius 1 is 1.13 bits per heavy atom. The molecule has 0 spiro atoms. The lowest BCUT2D eigenvalue weighted by Crippen LogP contribution is -2.13. The molecular weight excluding hydrogens is 451 g/mol. The smallest absolute Gasteiger partial charge is 0.305 e. The number of benzene rings is 2. The van der Waals surface area contributed by atoms with Gasteiger partial charge in [0, 0.05) is 22.5 Å². The van der Waals surface area contributed by atoms with Gasteiger partial charge in [0.25, 0.3) is 0 Å². The molecule has 2 aromatic carbocycles. The quantitative estimate of drug-likeness (QED) is 0.484. The van der Waals surface area contributed by atoms with Crippen LogP contribution in [0, 0.1) is 6.92 Å². The van der Waals surface area contributed by atoms with Gasteiger partial charge in [-0.3, -0.25) is 0 Å². The normalized spacial score (nSPS) is 12.4. The second kappa shape index (κ2) is 7.57. The van der Waals surface area contributed by atoms with Crippen molar-refractivity contribution in [2.75, 3.05) is 0 Å². The third-order valence-electron chi connectivity index (χ3n) is 4.67. The maximum absolute atomic E-state index is 13.0. The van der Waals surface area contributed by atoms with E-state index in [2.05, 4.69) is 15.0 Å². The monoisotopic (exact) mass is 465 g/mol. The zero-order valence-electron chi connectivity index (χ0n) is 15.9. The number of aromatic nitrogens is 3. The predicted octanol–water partition coefficient (Wildman–Crippen LogP) is 4.35. The fourth-order valence-corrected chi connectivity index (χ4v) is 5.49. The minimum absolute atomic E-state index is 0.00728. The molecule has 1 N–H and O–H groups in total. The van der Waals surface area contributed by atoms with Crippen LogP contribution >= 0.6 is 11.3 Å². The number of alkyl halides is 3. The van der Waals surface area contributed by atoms with E-state index in [1.54, 1.807) is 5.38 Å². The molecule has 4 aromatic rings. The molecule has 0 aliphatic rings. The lowest BCUT2D eigenvalue weighted by molar-refractivity contribution is -0.137. The zero-order chi connectivity index (χ0) is 22.4. The van der Waals surface area contributed by atoms with E-state index in [1.807, 2.05) is 0 Å². The van der Waals surface area contributed by atoms with E-state index in [-0.39, 0.29) is 27.4 Å². The highest BCUT2D eigenvalue weighted by Gasteiger charge is 2.31. The third-order valence-corrected chi connectivity index (χ3v) is 7.25. The number of aryl methyl sites for hydroxylation is 1. The van der Waals surface area contributed by atoms with E-state index in [0.717, 1.165) is 12.1 Å². The second-order valence-electron chi connectivity index (χ2n) is 6.81. The first-order valence-electron chi connectivity index (χ1n) is 8.88. The summed E-state index contributed by atoms with van der Waals surface area (Å²) in [5.41, 5.74) is -0.518. The minimum atomic E-state index is -4.49. The highest BCUT2D eigenvalue weighted by molar-refractivity contribution is 7.90. The van der Waals surface area contributed by atoms with Crippen LogP contribution in [-0.4, -0.2) is 23.4 Å². The molecule has 0 amide bonds. The van der Waals surface area contributed by atoms with Gasteiger partial charge < -0.3 is 4.98 Å². The third kappa shape index (κ3) is 4.23. The van der Waals surface area contributed by atoms with Gasteiger partial charge in [-0.25, -0.2) is 18.2 Å². The van der Waals surface area contributed by atoms with Gasteiger partial charge in [0.05, 0.1) is 21.7 Å². The van der Waals surface area contributed by atoms with Crippen LogP contribution in [0.1, 0.15) is 16.1 Å². The van der Waals surface area contributed by atoms with Crippen molar-refractivity contribution in [3.8, 4) is 11.3 Å². The minimum Gasteiger partial charge on any atom is -0.305 e. The summed E-state index contributed by atoms with van der Waals surface area (Å²) in [6, 6.07) is 7.35. The fraction of sp³-hybridized carbons (Fsp3) is 0.150. The molecule has 0 bridgehead atoms. The van der Waals surface area contributed by atoms with E-state index in [4.69, 9.17) is 0 Å². The number of rotatable bonds is 4. The first-order chi connectivity index (χ1) is 14.5. The van der Waals surface area contributed by atoms with Crippen molar-refractivity contribution in [2.45, 2.75) is 23.7 Å². The van der Waals surface area contributed by atoms with Crippen LogP contribution < -0.4 is 5.69 Å². The number of fused-ring (bicyclic) bond motifs is 1. The van der Waals surface area contributed by atoms with Gasteiger partial charge in [0.2, 0.25) is 0 Å². The number of H-pyrrole nitrogens is 1. The summed E-state index contributed by atoms with van der Waals surface area (Å²) in [5, 5.41) is 2.52. The molecule has 31 heavy (non-hydrogen) atoms. The maximum atomic E-state index is 13.0. The highest BCUT2D eigenvalue weighted by Crippen LogP contribution is 2.34. The SMILES string of the molecule is Cc1cc(C(F)(F)F)ccc1-c1nc(=O)[nH]c2cc(S(=O)(=O)Cc3nccs3)ccc12. The molecule has 0 saturated carbocycles. The van der Waals surface area contributed by atoms with E-state index < -0.39 is 27.3 Å². The molecule has 6 nitrogen and oxygen atoms in total. The maximum Gasteiger partial charge on any atom is 0.416 e. The molecule has 0 fully saturated rings. The van der Waals surface area contributed by atoms with Crippen LogP contribution in [0.2, 0.25) is 0 Å². The molecule has 0 atom stereocenters. The molecule has 0 aliphatic carbocycles. The summed E-state index contributed by atoms with van der Waals surface area (Å²) < 4.78 is 64.4. The highest BCUT2D eigenvalue weighted by atomic mass is 32.2. The standard InChI is InChI=1S/C20H14F3N3O3S2/c1-11-8-12(20(21,22)23)2-4-14(11)18-15-5-3-13(9-16(15)25-19(27)26-18)31(28,29)10-17-24-6-7-30-17/h2-9H,10H2,1H3,(H,25,26,27). The van der Waals surface area contributed by atoms with Crippen LogP contribution in [0.4, 0.5) is 13.2 Å². The van der Waals surface area contributed by atoms with Crippen molar-refractivity contribution < 1.29 is 21.6 Å². The molecular formula is C20H14F3N3O3S2. The van der Waals surface area contributed by atoms with Crippen molar-refractivity contribution in [3.05, 3.63) is 74.6 Å². The van der Waals surface area contributed by atoms with Gasteiger partial charge in [0.15, 0.2) is 9.84 Å². The average Bonchev–Trinajstić information content (AvgIpc) is 3.18. The molecule has 4 rings (SSSR count). The van der Waals surface area contributed by atoms with E-state index in [1.165, 1.54) is 48.7 Å². The van der Waals surface area contributed by atoms with Gasteiger partial charge in [-0.15, -0.1) is 11.3 Å². The molecule has 0 radical (unpaired) electrons. The lowest BCUT2D eigenvalue weighted by Gasteiger charge is -2.12. The van der Waals surface area contributed by atoms with Gasteiger partial charge >= 0.3 is 11.9 Å². The van der Waals surface area contributed by atoms with Gasteiger partial charge in [-0.2, -0.15) is 18.2 Å². The van der Waals surface area contributed by atoms with Crippen LogP contribution in [0.5, 0.6) is 0 Å². The van der Waals surface area contributed by atoms with Gasteiger partial charge in [-0.05, 0) is 42.8 Å². The first kappa shape index (κ1) is 21.2. The van der Waals surface area contributed by atoms with Gasteiger partial charge in [0.1, 0.15) is 10.8 Å². The Labute approximate surface area is 178 Å². The first-order valence-corrected chi connectivity index (χ1v) is 11.4. The number of sulfone groups is 1. The molecule has 0 aliphatic heterocycles. The molecule has 0 saturated heterocycles. The summed E-state index contributed by atoms with van der Waals surface area (Å²) in [6.45, 7) is 1.49. The van der Waals surface area contributed by atoms with Crippen molar-refractivity contribution in [3.63, 3.8) is 0 Å². The Morgan fingerprint density at radius 2 is 1.90 bits per heavy atom.